The molecule has 13 N–H and O–H groups in total. The standard InChI is InChI=1S/C43H70N10O10/c1-5-6-7-14-25(2)39(55)62-34(24-60-40(56)28(47)15-8-11-18-44)36(63-42(58)30(49)17-10-13-20-46)33(61-41(57)29(48)16-9-12-19-45)23-53-32-22-27(4)26(3)21-31(32)50-35-37(53)51-43(59)52-38(35)54/h21-22,25,28-30,33-34,36H,5-20,23-24,44-49H2,1-4H3,(H,52,54,59). The molecule has 0 saturated heterocycles. The lowest BCUT2D eigenvalue weighted by molar-refractivity contribution is -0.196. The third-order valence-corrected chi connectivity index (χ3v) is 11.0. The lowest BCUT2D eigenvalue weighted by atomic mass is 10.0. The van der Waals surface area contributed by atoms with Crippen LogP contribution in [0.5, 0.6) is 0 Å². The molecule has 0 spiro atoms. The molecule has 7 atom stereocenters. The maximum atomic E-state index is 14.0. The van der Waals surface area contributed by atoms with Crippen molar-refractivity contribution in [3.63, 3.8) is 0 Å². The van der Waals surface area contributed by atoms with Crippen molar-refractivity contribution in [1.82, 2.24) is 19.5 Å². The van der Waals surface area contributed by atoms with Crippen molar-refractivity contribution in [3.05, 3.63) is 44.1 Å². The second-order valence-electron chi connectivity index (χ2n) is 16.2. The quantitative estimate of drug-likeness (QED) is 0.0222. The highest BCUT2D eigenvalue weighted by Gasteiger charge is 2.42. The van der Waals surface area contributed by atoms with Gasteiger partial charge in [0.05, 0.1) is 23.5 Å². The Morgan fingerprint density at radius 3 is 1.78 bits per heavy atom. The molecule has 0 radical (unpaired) electrons. The molecule has 0 saturated carbocycles. The molecule has 0 amide bonds. The Morgan fingerprint density at radius 2 is 1.21 bits per heavy atom. The highest BCUT2D eigenvalue weighted by molar-refractivity contribution is 5.81. The number of aromatic amines is 1. The van der Waals surface area contributed by atoms with E-state index in [2.05, 4.69) is 15.0 Å². The van der Waals surface area contributed by atoms with Gasteiger partial charge in [0.25, 0.3) is 5.56 Å². The second-order valence-corrected chi connectivity index (χ2v) is 16.2. The molecule has 2 aliphatic rings. The van der Waals surface area contributed by atoms with E-state index in [1.165, 1.54) is 4.57 Å². The van der Waals surface area contributed by atoms with E-state index in [0.29, 0.717) is 82.0 Å². The van der Waals surface area contributed by atoms with E-state index >= 15 is 0 Å². The van der Waals surface area contributed by atoms with Gasteiger partial charge in [-0.2, -0.15) is 4.98 Å². The van der Waals surface area contributed by atoms with Crippen molar-refractivity contribution in [1.29, 1.82) is 0 Å². The zero-order valence-electron chi connectivity index (χ0n) is 37.3. The Bertz CT molecular complexity index is 2030. The number of rotatable bonds is 29. The van der Waals surface area contributed by atoms with E-state index < -0.39 is 90.6 Å². The van der Waals surface area contributed by atoms with Crippen molar-refractivity contribution < 1.29 is 38.1 Å². The first kappa shape index (κ1) is 52.5. The summed E-state index contributed by atoms with van der Waals surface area (Å²) in [5.41, 5.74) is 36.2. The maximum Gasteiger partial charge on any atom is 0.349 e. The summed E-state index contributed by atoms with van der Waals surface area (Å²) < 4.78 is 25.6. The van der Waals surface area contributed by atoms with E-state index in [0.717, 1.165) is 24.0 Å². The van der Waals surface area contributed by atoms with Crippen LogP contribution < -0.4 is 45.7 Å². The summed E-state index contributed by atoms with van der Waals surface area (Å²) in [5, 5.41) is 0. The minimum Gasteiger partial charge on any atom is -0.460 e. The summed E-state index contributed by atoms with van der Waals surface area (Å²) in [6.07, 6.45) is 1.75. The van der Waals surface area contributed by atoms with E-state index in [9.17, 15) is 28.8 Å². The average Bonchev–Trinajstić information content (AvgIpc) is 3.24. The Kier molecular flexibility index (Phi) is 22.2. The highest BCUT2D eigenvalue weighted by atomic mass is 16.6. The molecular weight excluding hydrogens is 817 g/mol. The number of hydrogen-bond acceptors (Lipinski definition) is 18. The van der Waals surface area contributed by atoms with Crippen LogP contribution in [0, 0.1) is 19.8 Å². The number of unbranched alkanes of at least 4 members (excludes halogenated alkanes) is 5. The normalized spacial score (nSPS) is 15.0. The summed E-state index contributed by atoms with van der Waals surface area (Å²) in [6, 6.07) is 0.0200. The van der Waals surface area contributed by atoms with Gasteiger partial charge in [0.2, 0.25) is 0 Å². The number of benzene rings is 1. The van der Waals surface area contributed by atoms with E-state index in [1.54, 1.807) is 19.1 Å². The fourth-order valence-corrected chi connectivity index (χ4v) is 6.90. The largest absolute Gasteiger partial charge is 0.460 e. The molecule has 2 aliphatic heterocycles. The van der Waals surface area contributed by atoms with Gasteiger partial charge in [-0.25, -0.2) is 9.78 Å². The predicted molar refractivity (Wildman–Crippen MR) is 237 cm³/mol. The summed E-state index contributed by atoms with van der Waals surface area (Å²) in [5.74, 6) is -4.26. The minimum atomic E-state index is -1.75. The third-order valence-electron chi connectivity index (χ3n) is 11.0. The van der Waals surface area contributed by atoms with Crippen molar-refractivity contribution in [2.24, 2.45) is 40.3 Å². The molecule has 1 aromatic rings. The van der Waals surface area contributed by atoms with E-state index in [-0.39, 0.29) is 30.8 Å². The molecule has 63 heavy (non-hydrogen) atoms. The van der Waals surface area contributed by atoms with Crippen LogP contribution in [0.1, 0.15) is 108 Å². The summed E-state index contributed by atoms with van der Waals surface area (Å²) >= 11 is 0. The summed E-state index contributed by atoms with van der Waals surface area (Å²) in [6.45, 7) is 7.33. The molecule has 0 fully saturated rings. The number of fused-ring (bicyclic) bond motifs is 2. The fraction of sp³-hybridized carbons (Fsp3) is 0.674. The van der Waals surface area contributed by atoms with Gasteiger partial charge in [0, 0.05) is 0 Å². The number of H-pyrrole nitrogens is 1. The Labute approximate surface area is 368 Å². The molecule has 20 nitrogen and oxygen atoms in total. The first-order valence-electron chi connectivity index (χ1n) is 22.1. The first-order chi connectivity index (χ1) is 30.1. The Hall–Kier alpha value is -4.86. The van der Waals surface area contributed by atoms with Crippen LogP contribution in [-0.4, -0.2) is 106 Å². The van der Waals surface area contributed by atoms with Gasteiger partial charge in [0.1, 0.15) is 24.7 Å². The van der Waals surface area contributed by atoms with Crippen LogP contribution in [0.2, 0.25) is 0 Å². The predicted octanol–water partition coefficient (Wildman–Crippen LogP) is 1.07. The van der Waals surface area contributed by atoms with Crippen LogP contribution in [0.15, 0.2) is 21.7 Å². The van der Waals surface area contributed by atoms with Crippen LogP contribution in [0.4, 0.5) is 0 Å². The van der Waals surface area contributed by atoms with Gasteiger partial charge < -0.3 is 57.9 Å². The third kappa shape index (κ3) is 16.0. The number of hydrogen-bond donors (Lipinski definition) is 7. The van der Waals surface area contributed by atoms with Crippen molar-refractivity contribution in [3.8, 4) is 11.5 Å². The molecule has 0 aromatic heterocycles. The number of nitrogens with two attached hydrogens (primary N) is 6. The molecule has 20 heteroatoms. The van der Waals surface area contributed by atoms with Gasteiger partial charge in [-0.3, -0.25) is 29.0 Å². The van der Waals surface area contributed by atoms with Crippen molar-refractivity contribution in [2.45, 2.75) is 154 Å². The number of aromatic nitrogens is 4. The number of aryl methyl sites for hydroxylation is 2. The zero-order valence-corrected chi connectivity index (χ0v) is 37.3. The van der Waals surface area contributed by atoms with Crippen LogP contribution in [0.3, 0.4) is 0 Å². The second kappa shape index (κ2) is 26.7. The van der Waals surface area contributed by atoms with Gasteiger partial charge in [-0.15, -0.1) is 0 Å². The molecule has 352 valence electrons. The molecule has 7 unspecified atom stereocenters. The Morgan fingerprint density at radius 1 is 0.683 bits per heavy atom. The van der Waals surface area contributed by atoms with Gasteiger partial charge >= 0.3 is 29.6 Å². The summed E-state index contributed by atoms with van der Waals surface area (Å²) in [7, 11) is 0. The van der Waals surface area contributed by atoms with Crippen molar-refractivity contribution in [2.75, 3.05) is 26.2 Å². The smallest absolute Gasteiger partial charge is 0.349 e. The number of esters is 4. The van der Waals surface area contributed by atoms with Crippen LogP contribution in [-0.2, 0) is 44.7 Å². The van der Waals surface area contributed by atoms with Gasteiger partial charge in [-0.05, 0) is 102 Å². The first-order valence-corrected chi connectivity index (χ1v) is 22.1. The number of ether oxygens (including phenoxy) is 4. The molecule has 2 heterocycles. The van der Waals surface area contributed by atoms with Crippen molar-refractivity contribution >= 4 is 34.9 Å². The molecule has 3 rings (SSSR count). The monoisotopic (exact) mass is 887 g/mol. The molecule has 0 aliphatic carbocycles. The number of carbonyl (C=O) groups excluding carboxylic acids is 4. The van der Waals surface area contributed by atoms with Gasteiger partial charge in [0.15, 0.2) is 29.8 Å². The van der Waals surface area contributed by atoms with E-state index in [1.807, 2.05) is 20.8 Å². The number of carbonyl (C=O) groups is 4. The molecule has 0 bridgehead atoms. The number of nitrogens with zero attached hydrogens (tertiary/aromatic N) is 3. The lowest BCUT2D eigenvalue weighted by Gasteiger charge is -2.35. The average molecular weight is 887 g/mol. The topological polar surface area (TPSA) is 342 Å². The molecule has 1 aromatic carbocycles. The zero-order chi connectivity index (χ0) is 46.6. The number of nitrogens with one attached hydrogen (secondary N) is 1. The highest BCUT2D eigenvalue weighted by Crippen LogP contribution is 2.28. The molecular formula is C43H70N10O10. The van der Waals surface area contributed by atoms with Crippen LogP contribution >= 0.6 is 0 Å². The minimum absolute atomic E-state index is 0.163. The maximum absolute atomic E-state index is 14.0. The van der Waals surface area contributed by atoms with E-state index in [4.69, 9.17) is 53.3 Å². The van der Waals surface area contributed by atoms with Gasteiger partial charge in [-0.1, -0.05) is 52.4 Å². The summed E-state index contributed by atoms with van der Waals surface area (Å²) in [4.78, 5) is 92.2. The fourth-order valence-electron chi connectivity index (χ4n) is 6.90. The SMILES string of the molecule is CCCCCC(C)C(=O)OC(COC(=O)C(N)CCCCN)C(OC(=O)C(N)CCCCN)C(Cn1c2nc(=O)[nH]c(=O)c-2nc2cc(C)c(C)cc21)OC(=O)C(N)CCCCN. The lowest BCUT2D eigenvalue weighted by Crippen LogP contribution is -2.53. The Balaban J connectivity index is 2.33. The van der Waals surface area contributed by atoms with Crippen LogP contribution in [0.25, 0.3) is 22.6 Å².